The molecule has 2 aromatic rings. The number of ether oxygens (including phenoxy) is 2. The number of aromatic nitrogens is 2. The van der Waals surface area contributed by atoms with Crippen LogP contribution in [0, 0.1) is 10.8 Å². The molecule has 0 spiro atoms. The van der Waals surface area contributed by atoms with Gasteiger partial charge in [0.15, 0.2) is 12.4 Å². The molecule has 1 fully saturated rings. The molecule has 34 heavy (non-hydrogen) atoms. The van der Waals surface area contributed by atoms with Crippen LogP contribution in [0.15, 0.2) is 36.7 Å². The van der Waals surface area contributed by atoms with Gasteiger partial charge >= 0.3 is 6.18 Å². The highest BCUT2D eigenvalue weighted by molar-refractivity contribution is 5.36. The molecule has 0 aromatic carbocycles. The Morgan fingerprint density at radius 3 is 2.21 bits per heavy atom. The molecule has 12 heteroatoms. The predicted octanol–water partition coefficient (Wildman–Crippen LogP) is 5.00. The van der Waals surface area contributed by atoms with Crippen LogP contribution >= 0.6 is 0 Å². The first-order valence-electron chi connectivity index (χ1n) is 10.6. The van der Waals surface area contributed by atoms with Crippen molar-refractivity contribution >= 4 is 0 Å². The molecule has 5 N–H and O–H groups in total. The van der Waals surface area contributed by atoms with E-state index in [9.17, 15) is 22.0 Å². The minimum Gasteiger partial charge on any atom is -0.478 e. The van der Waals surface area contributed by atoms with Crippen LogP contribution < -0.4 is 26.5 Å². The topological polar surface area (TPSA) is 112 Å². The molecule has 0 atom stereocenters. The van der Waals surface area contributed by atoms with Crippen molar-refractivity contribution in [2.24, 2.45) is 11.1 Å². The van der Waals surface area contributed by atoms with E-state index in [1.54, 1.807) is 0 Å². The van der Waals surface area contributed by atoms with Crippen molar-refractivity contribution < 1.29 is 31.4 Å². The molecule has 1 aliphatic rings. The highest BCUT2D eigenvalue weighted by Gasteiger charge is 2.38. The minimum atomic E-state index is -4.46. The van der Waals surface area contributed by atoms with Crippen LogP contribution in [0.25, 0.3) is 0 Å². The van der Waals surface area contributed by atoms with Gasteiger partial charge in [-0.25, -0.2) is 18.4 Å². The zero-order valence-corrected chi connectivity index (χ0v) is 19.5. The third kappa shape index (κ3) is 11.3. The lowest BCUT2D eigenvalue weighted by Crippen LogP contribution is -2.28. The smallest absolute Gasteiger partial charge is 0.422 e. The number of nitrogen functional groups attached to an aromatic ring is 1. The van der Waals surface area contributed by atoms with Crippen molar-refractivity contribution in [3.8, 4) is 17.4 Å². The standard InChI is InChI=1S/C12H11F3N4O2.C8H14F2.C2H7N/c13-12(14,15)7-20-9-2-1-5-18-11(9)21-8-3-4-10(16)19(17)6-8;1-7(2)3-5-8(9,10)6-4-7;1-2-3/h1-6,16H,7,17H2;3-6H2,1-2H3;2-3H2,1H3. The highest BCUT2D eigenvalue weighted by atomic mass is 19.4. The Hall–Kier alpha value is -2.89. The lowest BCUT2D eigenvalue weighted by Gasteiger charge is -2.33. The molecule has 2 aromatic heterocycles. The largest absolute Gasteiger partial charge is 0.478 e. The highest BCUT2D eigenvalue weighted by Crippen LogP contribution is 2.42. The third-order valence-electron chi connectivity index (χ3n) is 4.63. The lowest BCUT2D eigenvalue weighted by molar-refractivity contribution is -0.153. The van der Waals surface area contributed by atoms with Gasteiger partial charge in [-0.05, 0) is 49.1 Å². The molecule has 0 unspecified atom stereocenters. The fraction of sp³-hybridized carbons (Fsp3) is 0.545. The van der Waals surface area contributed by atoms with E-state index in [0.29, 0.717) is 12.8 Å². The number of halogens is 5. The molecular formula is C22H32F5N5O2. The van der Waals surface area contributed by atoms with Gasteiger partial charge in [-0.1, -0.05) is 20.8 Å². The van der Waals surface area contributed by atoms with Gasteiger partial charge in [-0.3, -0.25) is 5.41 Å². The minimum absolute atomic E-state index is 0.0388. The maximum atomic E-state index is 12.5. The Morgan fingerprint density at radius 1 is 1.12 bits per heavy atom. The van der Waals surface area contributed by atoms with Crippen LogP contribution in [0.2, 0.25) is 0 Å². The zero-order valence-electron chi connectivity index (χ0n) is 19.5. The van der Waals surface area contributed by atoms with E-state index in [2.05, 4.69) is 23.6 Å². The van der Waals surface area contributed by atoms with Gasteiger partial charge < -0.3 is 21.1 Å². The predicted molar refractivity (Wildman–Crippen MR) is 118 cm³/mol. The third-order valence-corrected chi connectivity index (χ3v) is 4.63. The van der Waals surface area contributed by atoms with Gasteiger partial charge in [-0.15, -0.1) is 0 Å². The average Bonchev–Trinajstić information content (AvgIpc) is 2.73. The first-order chi connectivity index (χ1) is 15.7. The molecule has 0 aliphatic heterocycles. The monoisotopic (exact) mass is 493 g/mol. The Labute approximate surface area is 195 Å². The van der Waals surface area contributed by atoms with Crippen molar-refractivity contribution in [3.05, 3.63) is 42.1 Å². The van der Waals surface area contributed by atoms with Gasteiger partial charge in [0, 0.05) is 19.0 Å². The van der Waals surface area contributed by atoms with E-state index in [1.165, 1.54) is 36.7 Å². The number of hydrogen-bond donors (Lipinski definition) is 3. The Kier molecular flexibility index (Phi) is 10.7. The maximum absolute atomic E-state index is 12.5. The zero-order chi connectivity index (χ0) is 26.0. The van der Waals surface area contributed by atoms with Gasteiger partial charge in [-0.2, -0.15) is 13.2 Å². The molecule has 0 bridgehead atoms. The van der Waals surface area contributed by atoms with Crippen LogP contribution in [0.1, 0.15) is 46.5 Å². The van der Waals surface area contributed by atoms with Crippen molar-refractivity contribution in [1.29, 1.82) is 5.41 Å². The van der Waals surface area contributed by atoms with Gasteiger partial charge in [0.05, 0.1) is 6.20 Å². The molecule has 0 amide bonds. The van der Waals surface area contributed by atoms with Gasteiger partial charge in [0.1, 0.15) is 11.2 Å². The van der Waals surface area contributed by atoms with E-state index < -0.39 is 18.7 Å². The van der Waals surface area contributed by atoms with Crippen LogP contribution in [0.4, 0.5) is 22.0 Å². The fourth-order valence-electron chi connectivity index (χ4n) is 2.68. The van der Waals surface area contributed by atoms with Gasteiger partial charge in [0.25, 0.3) is 5.88 Å². The first-order valence-corrected chi connectivity index (χ1v) is 10.6. The second kappa shape index (κ2) is 12.5. The number of pyridine rings is 2. The maximum Gasteiger partial charge on any atom is 0.422 e. The van der Waals surface area contributed by atoms with E-state index in [1.807, 2.05) is 6.92 Å². The number of rotatable bonds is 4. The molecule has 1 aliphatic carbocycles. The summed E-state index contributed by atoms with van der Waals surface area (Å²) in [6.07, 6.45) is -0.310. The molecule has 1 saturated carbocycles. The number of nitrogens with two attached hydrogens (primary N) is 2. The van der Waals surface area contributed by atoms with Crippen molar-refractivity contribution in [2.75, 3.05) is 19.0 Å². The number of alkyl halides is 5. The van der Waals surface area contributed by atoms with Crippen LogP contribution in [0.3, 0.4) is 0 Å². The molecule has 2 heterocycles. The van der Waals surface area contributed by atoms with Gasteiger partial charge in [0.2, 0.25) is 5.92 Å². The summed E-state index contributed by atoms with van der Waals surface area (Å²) >= 11 is 0. The summed E-state index contributed by atoms with van der Waals surface area (Å²) in [6.45, 7) is 5.32. The Bertz CT molecular complexity index is 920. The van der Waals surface area contributed by atoms with Crippen molar-refractivity contribution in [2.45, 2.75) is 58.6 Å². The number of nitrogens with one attached hydrogen (secondary N) is 1. The quantitative estimate of drug-likeness (QED) is 0.410. The first kappa shape index (κ1) is 29.1. The SMILES string of the molecule is CC1(C)CCC(F)(F)CC1.CCN.N=c1ccc(Oc2ncccc2OCC(F)(F)F)cn1N. The Morgan fingerprint density at radius 2 is 1.71 bits per heavy atom. The summed E-state index contributed by atoms with van der Waals surface area (Å²) in [5, 5.41) is 7.39. The second-order valence-electron chi connectivity index (χ2n) is 8.40. The Balaban J connectivity index is 0.000000369. The molecule has 192 valence electrons. The lowest BCUT2D eigenvalue weighted by atomic mass is 9.76. The normalized spacial score (nSPS) is 16.3. The summed E-state index contributed by atoms with van der Waals surface area (Å²) in [5.74, 6) is 3.05. The fourth-order valence-corrected chi connectivity index (χ4v) is 2.68. The summed E-state index contributed by atoms with van der Waals surface area (Å²) in [7, 11) is 0. The number of hydrogen-bond acceptors (Lipinski definition) is 6. The summed E-state index contributed by atoms with van der Waals surface area (Å²) in [4.78, 5) is 3.82. The summed E-state index contributed by atoms with van der Waals surface area (Å²) < 4.78 is 72.6. The molecule has 3 rings (SSSR count). The molecule has 0 radical (unpaired) electrons. The van der Waals surface area contributed by atoms with E-state index in [-0.39, 0.29) is 41.1 Å². The van der Waals surface area contributed by atoms with Crippen molar-refractivity contribution in [3.63, 3.8) is 0 Å². The van der Waals surface area contributed by atoms with Crippen LogP contribution in [-0.4, -0.2) is 34.9 Å². The summed E-state index contributed by atoms with van der Waals surface area (Å²) in [6, 6.07) is 5.54. The van der Waals surface area contributed by atoms with Crippen molar-refractivity contribution in [1.82, 2.24) is 9.66 Å². The summed E-state index contributed by atoms with van der Waals surface area (Å²) in [5.41, 5.74) is 5.04. The van der Waals surface area contributed by atoms with E-state index in [4.69, 9.17) is 21.7 Å². The molecule has 0 saturated heterocycles. The second-order valence-corrected chi connectivity index (χ2v) is 8.40. The van der Waals surface area contributed by atoms with Crippen LogP contribution in [0.5, 0.6) is 17.4 Å². The van der Waals surface area contributed by atoms with E-state index in [0.717, 1.165) is 11.2 Å². The number of nitrogens with zero attached hydrogens (tertiary/aromatic N) is 2. The van der Waals surface area contributed by atoms with E-state index >= 15 is 0 Å². The average molecular weight is 494 g/mol. The van der Waals surface area contributed by atoms with Crippen LogP contribution in [-0.2, 0) is 0 Å². The molecular weight excluding hydrogens is 461 g/mol. The molecule has 7 nitrogen and oxygen atoms in total.